The quantitative estimate of drug-likeness (QED) is 0.452. The molecule has 1 heteroatoms. The molecule has 1 atom stereocenters. The van der Waals surface area contributed by atoms with Gasteiger partial charge in [-0.2, -0.15) is 0 Å². The summed E-state index contributed by atoms with van der Waals surface area (Å²) in [7, 11) is 0. The van der Waals surface area contributed by atoms with Crippen LogP contribution in [0.15, 0.2) is 11.1 Å². The van der Waals surface area contributed by atoms with Crippen LogP contribution in [0.25, 0.3) is 0 Å². The van der Waals surface area contributed by atoms with Gasteiger partial charge in [0, 0.05) is 0 Å². The highest BCUT2D eigenvalue weighted by atomic mass is 16.5. The van der Waals surface area contributed by atoms with Crippen molar-refractivity contribution < 1.29 is 4.74 Å². The normalized spacial score (nSPS) is 29.0. The highest BCUT2D eigenvalue weighted by Gasteiger charge is 2.12. The van der Waals surface area contributed by atoms with Crippen molar-refractivity contribution in [3.05, 3.63) is 11.1 Å². The topological polar surface area (TPSA) is 9.23 Å². The Bertz CT molecular complexity index is 136. The summed E-state index contributed by atoms with van der Waals surface area (Å²) in [5, 5.41) is 0. The minimum absolute atomic E-state index is 0.360. The zero-order valence-electron chi connectivity index (χ0n) is 6.40. The molecule has 0 amide bonds. The van der Waals surface area contributed by atoms with Gasteiger partial charge >= 0.3 is 0 Å². The van der Waals surface area contributed by atoms with Gasteiger partial charge in [0.05, 0.1) is 12.7 Å². The molecule has 52 valence electrons. The Morgan fingerprint density at radius 2 is 2.11 bits per heavy atom. The van der Waals surface area contributed by atoms with Crippen LogP contribution in [-0.4, -0.2) is 12.7 Å². The van der Waals surface area contributed by atoms with Crippen molar-refractivity contribution in [3.63, 3.8) is 0 Å². The van der Waals surface area contributed by atoms with Gasteiger partial charge in [-0.05, 0) is 32.8 Å². The Hall–Kier alpha value is -0.300. The van der Waals surface area contributed by atoms with E-state index in [2.05, 4.69) is 20.8 Å². The van der Waals surface area contributed by atoms with Crippen LogP contribution in [0.1, 0.15) is 27.2 Å². The summed E-state index contributed by atoms with van der Waals surface area (Å²) in [4.78, 5) is 0. The smallest absolute Gasteiger partial charge is 0.0756 e. The Morgan fingerprint density at radius 1 is 1.44 bits per heavy atom. The molecule has 1 aliphatic rings. The van der Waals surface area contributed by atoms with Crippen LogP contribution >= 0.6 is 0 Å². The van der Waals surface area contributed by atoms with Gasteiger partial charge in [0.15, 0.2) is 0 Å². The molecule has 1 rings (SSSR count). The summed E-state index contributed by atoms with van der Waals surface area (Å²) in [5.74, 6) is 0. The van der Waals surface area contributed by atoms with Crippen molar-refractivity contribution in [2.45, 2.75) is 33.3 Å². The first-order valence-electron chi connectivity index (χ1n) is 3.49. The predicted octanol–water partition coefficient (Wildman–Crippen LogP) is 2.13. The van der Waals surface area contributed by atoms with Gasteiger partial charge in [-0.15, -0.1) is 0 Å². The third kappa shape index (κ3) is 1.33. The molecular weight excluding hydrogens is 112 g/mol. The molecule has 0 aliphatic carbocycles. The van der Waals surface area contributed by atoms with E-state index in [1.165, 1.54) is 11.1 Å². The van der Waals surface area contributed by atoms with Crippen LogP contribution in [0.3, 0.4) is 0 Å². The first kappa shape index (κ1) is 6.81. The first-order chi connectivity index (χ1) is 4.22. The summed E-state index contributed by atoms with van der Waals surface area (Å²) in [6.45, 7) is 7.36. The predicted molar refractivity (Wildman–Crippen MR) is 38.4 cm³/mol. The SMILES string of the molecule is CC1=C(C)[C@H](C)OCC1. The molecule has 0 spiro atoms. The maximum absolute atomic E-state index is 5.40. The van der Waals surface area contributed by atoms with E-state index < -0.39 is 0 Å². The van der Waals surface area contributed by atoms with Gasteiger partial charge in [-0.1, -0.05) is 5.57 Å². The van der Waals surface area contributed by atoms with Crippen molar-refractivity contribution >= 4 is 0 Å². The fourth-order valence-corrected chi connectivity index (χ4v) is 1.06. The average molecular weight is 126 g/mol. The van der Waals surface area contributed by atoms with E-state index in [1.807, 2.05) is 0 Å². The van der Waals surface area contributed by atoms with E-state index in [4.69, 9.17) is 4.74 Å². The number of hydrogen-bond acceptors (Lipinski definition) is 1. The highest BCUT2D eigenvalue weighted by molar-refractivity contribution is 5.15. The van der Waals surface area contributed by atoms with E-state index in [1.54, 1.807) is 0 Å². The van der Waals surface area contributed by atoms with Crippen molar-refractivity contribution in [2.75, 3.05) is 6.61 Å². The Morgan fingerprint density at radius 3 is 2.56 bits per heavy atom. The van der Waals surface area contributed by atoms with E-state index in [-0.39, 0.29) is 0 Å². The molecule has 0 saturated carbocycles. The average Bonchev–Trinajstić information content (AvgIpc) is 1.83. The molecule has 0 bridgehead atoms. The Kier molecular flexibility index (Phi) is 1.91. The lowest BCUT2D eigenvalue weighted by Gasteiger charge is -2.21. The molecule has 0 unspecified atom stereocenters. The minimum Gasteiger partial charge on any atom is -0.374 e. The Labute approximate surface area is 56.7 Å². The number of hydrogen-bond donors (Lipinski definition) is 0. The summed E-state index contributed by atoms with van der Waals surface area (Å²) in [5.41, 5.74) is 2.93. The molecule has 0 radical (unpaired) electrons. The van der Waals surface area contributed by atoms with Crippen molar-refractivity contribution in [3.8, 4) is 0 Å². The second-order valence-electron chi connectivity index (χ2n) is 2.73. The lowest BCUT2D eigenvalue weighted by Crippen LogP contribution is -2.17. The maximum Gasteiger partial charge on any atom is 0.0756 e. The Balaban J connectivity index is 2.72. The van der Waals surface area contributed by atoms with Crippen LogP contribution in [-0.2, 0) is 4.74 Å². The van der Waals surface area contributed by atoms with Gasteiger partial charge in [0.2, 0.25) is 0 Å². The summed E-state index contributed by atoms with van der Waals surface area (Å²) in [6.07, 6.45) is 1.48. The van der Waals surface area contributed by atoms with Crippen molar-refractivity contribution in [2.24, 2.45) is 0 Å². The third-order valence-corrected chi connectivity index (χ3v) is 2.13. The van der Waals surface area contributed by atoms with Gasteiger partial charge in [0.1, 0.15) is 0 Å². The molecule has 0 aromatic carbocycles. The second-order valence-corrected chi connectivity index (χ2v) is 2.73. The molecule has 0 N–H and O–H groups in total. The lowest BCUT2D eigenvalue weighted by molar-refractivity contribution is 0.0799. The zero-order chi connectivity index (χ0) is 6.85. The van der Waals surface area contributed by atoms with E-state index >= 15 is 0 Å². The molecule has 1 heterocycles. The standard InChI is InChI=1S/C8H14O/c1-6-4-5-9-8(3)7(6)2/h8H,4-5H2,1-3H3/t8-/m0/s1. The van der Waals surface area contributed by atoms with Crippen LogP contribution in [0, 0.1) is 0 Å². The molecule has 0 saturated heterocycles. The lowest BCUT2D eigenvalue weighted by atomic mass is 10.0. The van der Waals surface area contributed by atoms with Crippen LogP contribution in [0.5, 0.6) is 0 Å². The highest BCUT2D eigenvalue weighted by Crippen LogP contribution is 2.19. The fraction of sp³-hybridized carbons (Fsp3) is 0.750. The molecule has 0 aromatic rings. The van der Waals surface area contributed by atoms with Crippen molar-refractivity contribution in [1.29, 1.82) is 0 Å². The molecule has 1 aliphatic heterocycles. The van der Waals surface area contributed by atoms with Gasteiger partial charge in [0.25, 0.3) is 0 Å². The van der Waals surface area contributed by atoms with Crippen LogP contribution in [0.4, 0.5) is 0 Å². The van der Waals surface area contributed by atoms with E-state index in [0.717, 1.165) is 13.0 Å². The maximum atomic E-state index is 5.40. The largest absolute Gasteiger partial charge is 0.374 e. The zero-order valence-corrected chi connectivity index (χ0v) is 6.40. The van der Waals surface area contributed by atoms with Crippen LogP contribution < -0.4 is 0 Å². The van der Waals surface area contributed by atoms with Crippen molar-refractivity contribution in [1.82, 2.24) is 0 Å². The molecular formula is C8H14O. The minimum atomic E-state index is 0.360. The van der Waals surface area contributed by atoms with E-state index in [0.29, 0.717) is 6.10 Å². The third-order valence-electron chi connectivity index (χ3n) is 2.13. The summed E-state index contributed by atoms with van der Waals surface area (Å²) in [6, 6.07) is 0. The number of ether oxygens (including phenoxy) is 1. The fourth-order valence-electron chi connectivity index (χ4n) is 1.06. The molecule has 0 fully saturated rings. The van der Waals surface area contributed by atoms with Gasteiger partial charge < -0.3 is 4.74 Å². The number of rotatable bonds is 0. The second kappa shape index (κ2) is 2.53. The summed E-state index contributed by atoms with van der Waals surface area (Å²) >= 11 is 0. The first-order valence-corrected chi connectivity index (χ1v) is 3.49. The molecule has 9 heavy (non-hydrogen) atoms. The summed E-state index contributed by atoms with van der Waals surface area (Å²) < 4.78 is 5.40. The molecule has 0 aromatic heterocycles. The monoisotopic (exact) mass is 126 g/mol. The van der Waals surface area contributed by atoms with Gasteiger partial charge in [-0.25, -0.2) is 0 Å². The molecule has 1 nitrogen and oxygen atoms in total. The van der Waals surface area contributed by atoms with Crippen LogP contribution in [0.2, 0.25) is 0 Å². The van der Waals surface area contributed by atoms with Gasteiger partial charge in [-0.3, -0.25) is 0 Å². The van der Waals surface area contributed by atoms with E-state index in [9.17, 15) is 0 Å².